The van der Waals surface area contributed by atoms with Crippen molar-refractivity contribution in [2.24, 2.45) is 11.7 Å². The third-order valence-corrected chi connectivity index (χ3v) is 2.63. The normalized spacial score (nSPS) is 12.6. The molecule has 0 fully saturated rings. The van der Waals surface area contributed by atoms with Gasteiger partial charge in [-0.05, 0) is 31.0 Å². The molecular weight excluding hydrogens is 207 g/mol. The third kappa shape index (κ3) is 2.95. The smallest absolute Gasteiger partial charge is 0.251 e. The molecule has 1 rings (SSSR count). The highest BCUT2D eigenvalue weighted by atomic mass is 19.1. The lowest BCUT2D eigenvalue weighted by atomic mass is 10.1. The van der Waals surface area contributed by atoms with Gasteiger partial charge in [0.1, 0.15) is 5.82 Å². The average Bonchev–Trinajstić information content (AvgIpc) is 2.20. The molecule has 0 saturated carbocycles. The summed E-state index contributed by atoms with van der Waals surface area (Å²) < 4.78 is 13.2. The monoisotopic (exact) mass is 224 g/mol. The highest BCUT2D eigenvalue weighted by Crippen LogP contribution is 2.17. The summed E-state index contributed by atoms with van der Waals surface area (Å²) in [5.74, 6) is -0.893. The fraction of sp³-hybridized carbons (Fsp3) is 0.417. The van der Waals surface area contributed by atoms with Gasteiger partial charge in [0, 0.05) is 11.7 Å². The molecule has 16 heavy (non-hydrogen) atoms. The number of hydrogen-bond acceptors (Lipinski definition) is 2. The maximum atomic E-state index is 13.2. The number of anilines is 1. The van der Waals surface area contributed by atoms with E-state index >= 15 is 0 Å². The van der Waals surface area contributed by atoms with Crippen LogP contribution in [0.5, 0.6) is 0 Å². The Labute approximate surface area is 94.8 Å². The number of primary amides is 1. The Morgan fingerprint density at radius 2 is 2.00 bits per heavy atom. The van der Waals surface area contributed by atoms with Gasteiger partial charge in [0.25, 0.3) is 5.91 Å². The Morgan fingerprint density at radius 1 is 1.38 bits per heavy atom. The van der Waals surface area contributed by atoms with Gasteiger partial charge in [0.2, 0.25) is 0 Å². The number of benzene rings is 1. The molecule has 0 aliphatic heterocycles. The van der Waals surface area contributed by atoms with E-state index in [0.29, 0.717) is 11.6 Å². The molecule has 3 nitrogen and oxygen atoms in total. The first-order chi connectivity index (χ1) is 7.41. The van der Waals surface area contributed by atoms with Gasteiger partial charge in [-0.2, -0.15) is 0 Å². The van der Waals surface area contributed by atoms with E-state index in [0.717, 1.165) is 0 Å². The molecule has 3 N–H and O–H groups in total. The molecule has 0 spiro atoms. The second-order valence-electron chi connectivity index (χ2n) is 4.24. The Bertz CT molecular complexity index is 391. The first kappa shape index (κ1) is 12.5. The van der Waals surface area contributed by atoms with Crippen LogP contribution in [0.2, 0.25) is 0 Å². The first-order valence-electron chi connectivity index (χ1n) is 5.27. The van der Waals surface area contributed by atoms with Crippen molar-refractivity contribution in [2.45, 2.75) is 26.8 Å². The zero-order valence-corrected chi connectivity index (χ0v) is 9.75. The molecular formula is C12H17FN2O. The number of nitrogens with two attached hydrogens (primary N) is 1. The second kappa shape index (κ2) is 4.96. The van der Waals surface area contributed by atoms with Crippen LogP contribution in [0, 0.1) is 11.7 Å². The Balaban J connectivity index is 2.91. The lowest BCUT2D eigenvalue weighted by Crippen LogP contribution is -2.22. The second-order valence-corrected chi connectivity index (χ2v) is 4.24. The van der Waals surface area contributed by atoms with E-state index in [4.69, 9.17) is 5.73 Å². The summed E-state index contributed by atoms with van der Waals surface area (Å²) in [5.41, 5.74) is 5.69. The molecule has 1 amide bonds. The van der Waals surface area contributed by atoms with Crippen LogP contribution >= 0.6 is 0 Å². The summed E-state index contributed by atoms with van der Waals surface area (Å²) in [6.07, 6.45) is 0. The molecule has 1 aromatic rings. The van der Waals surface area contributed by atoms with Crippen molar-refractivity contribution < 1.29 is 9.18 Å². The summed E-state index contributed by atoms with van der Waals surface area (Å²) >= 11 is 0. The van der Waals surface area contributed by atoms with E-state index in [9.17, 15) is 9.18 Å². The zero-order valence-electron chi connectivity index (χ0n) is 9.75. The summed E-state index contributed by atoms with van der Waals surface area (Å²) in [5, 5.41) is 3.19. The molecule has 88 valence electrons. The van der Waals surface area contributed by atoms with Crippen LogP contribution in [0.25, 0.3) is 0 Å². The van der Waals surface area contributed by atoms with Gasteiger partial charge in [-0.15, -0.1) is 0 Å². The first-order valence-corrected chi connectivity index (χ1v) is 5.27. The molecule has 0 saturated heterocycles. The van der Waals surface area contributed by atoms with E-state index in [1.54, 1.807) is 6.07 Å². The summed E-state index contributed by atoms with van der Waals surface area (Å²) in [4.78, 5) is 10.9. The number of amides is 1. The molecule has 1 atom stereocenters. The molecule has 0 radical (unpaired) electrons. The van der Waals surface area contributed by atoms with Crippen LogP contribution < -0.4 is 11.1 Å². The minimum Gasteiger partial charge on any atom is -0.382 e. The van der Waals surface area contributed by atoms with Crippen molar-refractivity contribution in [2.75, 3.05) is 5.32 Å². The van der Waals surface area contributed by atoms with Gasteiger partial charge in [0.15, 0.2) is 0 Å². The van der Waals surface area contributed by atoms with Gasteiger partial charge in [-0.1, -0.05) is 13.8 Å². The van der Waals surface area contributed by atoms with Crippen molar-refractivity contribution in [3.05, 3.63) is 29.6 Å². The molecule has 0 aromatic heterocycles. The Kier molecular flexibility index (Phi) is 3.88. The standard InChI is InChI=1S/C12H17FN2O/c1-7(2)8(3)15-9-4-5-11(13)10(6-9)12(14)16/h4-8,15H,1-3H3,(H2,14,16). The van der Waals surface area contributed by atoms with Crippen molar-refractivity contribution in [3.8, 4) is 0 Å². The molecule has 0 bridgehead atoms. The van der Waals surface area contributed by atoms with Crippen molar-refractivity contribution in [1.29, 1.82) is 0 Å². The van der Waals surface area contributed by atoms with Gasteiger partial charge in [-0.3, -0.25) is 4.79 Å². The van der Waals surface area contributed by atoms with Crippen LogP contribution in [-0.2, 0) is 0 Å². The third-order valence-electron chi connectivity index (χ3n) is 2.63. The lowest BCUT2D eigenvalue weighted by molar-refractivity contribution is 0.0996. The Morgan fingerprint density at radius 3 is 2.50 bits per heavy atom. The lowest BCUT2D eigenvalue weighted by Gasteiger charge is -2.19. The van der Waals surface area contributed by atoms with Crippen molar-refractivity contribution in [3.63, 3.8) is 0 Å². The molecule has 0 aliphatic rings. The molecule has 1 aromatic carbocycles. The quantitative estimate of drug-likeness (QED) is 0.825. The fourth-order valence-corrected chi connectivity index (χ4v) is 1.23. The maximum Gasteiger partial charge on any atom is 0.251 e. The average molecular weight is 224 g/mol. The van der Waals surface area contributed by atoms with E-state index in [1.807, 2.05) is 6.92 Å². The SMILES string of the molecule is CC(C)C(C)Nc1ccc(F)c(C(N)=O)c1. The number of carbonyl (C=O) groups excluding carboxylic acids is 1. The van der Waals surface area contributed by atoms with Gasteiger partial charge in [-0.25, -0.2) is 4.39 Å². The largest absolute Gasteiger partial charge is 0.382 e. The molecule has 0 heterocycles. The van der Waals surface area contributed by atoms with Crippen molar-refractivity contribution in [1.82, 2.24) is 0 Å². The Hall–Kier alpha value is -1.58. The molecule has 4 heteroatoms. The highest BCUT2D eigenvalue weighted by Gasteiger charge is 2.11. The summed E-state index contributed by atoms with van der Waals surface area (Å²) in [6.45, 7) is 6.18. The minimum atomic E-state index is -0.752. The van der Waals surface area contributed by atoms with Gasteiger partial charge < -0.3 is 11.1 Å². The number of rotatable bonds is 4. The van der Waals surface area contributed by atoms with Crippen LogP contribution in [0.3, 0.4) is 0 Å². The van der Waals surface area contributed by atoms with Crippen molar-refractivity contribution >= 4 is 11.6 Å². The number of halogens is 1. The highest BCUT2D eigenvalue weighted by molar-refractivity contribution is 5.94. The van der Waals surface area contributed by atoms with Crippen LogP contribution in [0.1, 0.15) is 31.1 Å². The van der Waals surface area contributed by atoms with Gasteiger partial charge >= 0.3 is 0 Å². The summed E-state index contributed by atoms with van der Waals surface area (Å²) in [7, 11) is 0. The van der Waals surface area contributed by atoms with E-state index in [-0.39, 0.29) is 11.6 Å². The summed E-state index contributed by atoms with van der Waals surface area (Å²) in [6, 6.07) is 4.53. The van der Waals surface area contributed by atoms with Crippen LogP contribution in [-0.4, -0.2) is 11.9 Å². The van der Waals surface area contributed by atoms with E-state index in [2.05, 4.69) is 19.2 Å². The topological polar surface area (TPSA) is 55.1 Å². The fourth-order valence-electron chi connectivity index (χ4n) is 1.23. The predicted molar refractivity (Wildman–Crippen MR) is 62.8 cm³/mol. The number of hydrogen-bond donors (Lipinski definition) is 2. The predicted octanol–water partition coefficient (Wildman–Crippen LogP) is 2.38. The number of carbonyl (C=O) groups is 1. The van der Waals surface area contributed by atoms with E-state index < -0.39 is 11.7 Å². The minimum absolute atomic E-state index is 0.0824. The van der Waals surface area contributed by atoms with Gasteiger partial charge in [0.05, 0.1) is 5.56 Å². The maximum absolute atomic E-state index is 13.2. The molecule has 1 unspecified atom stereocenters. The zero-order chi connectivity index (χ0) is 12.3. The van der Waals surface area contributed by atoms with Crippen LogP contribution in [0.15, 0.2) is 18.2 Å². The van der Waals surface area contributed by atoms with E-state index in [1.165, 1.54) is 12.1 Å². The number of nitrogens with one attached hydrogen (secondary N) is 1. The molecule has 0 aliphatic carbocycles. The van der Waals surface area contributed by atoms with Crippen LogP contribution in [0.4, 0.5) is 10.1 Å².